The number of guanidine groups is 1. The van der Waals surface area contributed by atoms with E-state index in [9.17, 15) is 0 Å². The van der Waals surface area contributed by atoms with E-state index >= 15 is 0 Å². The summed E-state index contributed by atoms with van der Waals surface area (Å²) >= 11 is 0. The molecule has 27 heavy (non-hydrogen) atoms. The third-order valence-corrected chi connectivity index (χ3v) is 4.28. The molecule has 1 aromatic carbocycles. The van der Waals surface area contributed by atoms with Crippen molar-refractivity contribution in [3.8, 4) is 11.5 Å². The van der Waals surface area contributed by atoms with Gasteiger partial charge < -0.3 is 19.4 Å². The molecule has 1 N–H and O–H groups in total. The van der Waals surface area contributed by atoms with Crippen molar-refractivity contribution in [2.45, 2.75) is 26.3 Å². The van der Waals surface area contributed by atoms with Gasteiger partial charge in [-0.25, -0.2) is 9.98 Å². The van der Waals surface area contributed by atoms with Crippen LogP contribution in [0, 0.1) is 5.92 Å². The Morgan fingerprint density at radius 3 is 2.81 bits per heavy atom. The van der Waals surface area contributed by atoms with Gasteiger partial charge in [0.1, 0.15) is 12.0 Å². The highest BCUT2D eigenvalue weighted by Gasteiger charge is 2.21. The normalized spacial score (nSPS) is 13.9. The van der Waals surface area contributed by atoms with Crippen molar-refractivity contribution in [3.05, 3.63) is 42.3 Å². The van der Waals surface area contributed by atoms with Crippen LogP contribution in [0.3, 0.4) is 0 Å². The summed E-state index contributed by atoms with van der Waals surface area (Å²) in [4.78, 5) is 11.3. The SMILES string of the molecule is CCNC(=NCc1coc(-c2ccccc2)n1)N(C)CCOCC1CC1.I. The Morgan fingerprint density at radius 2 is 2.11 bits per heavy atom. The number of aliphatic imine (C=N–C) groups is 1. The van der Waals surface area contributed by atoms with Crippen molar-refractivity contribution < 1.29 is 9.15 Å². The predicted molar refractivity (Wildman–Crippen MR) is 118 cm³/mol. The highest BCUT2D eigenvalue weighted by Crippen LogP contribution is 2.28. The van der Waals surface area contributed by atoms with Gasteiger partial charge in [-0.05, 0) is 37.8 Å². The van der Waals surface area contributed by atoms with Crippen LogP contribution < -0.4 is 5.32 Å². The Labute approximate surface area is 178 Å². The molecule has 1 saturated carbocycles. The summed E-state index contributed by atoms with van der Waals surface area (Å²) < 4.78 is 11.3. The second-order valence-electron chi connectivity index (χ2n) is 6.62. The van der Waals surface area contributed by atoms with Gasteiger partial charge in [-0.15, -0.1) is 24.0 Å². The molecule has 3 rings (SSSR count). The number of nitrogens with one attached hydrogen (secondary N) is 1. The molecule has 1 aliphatic carbocycles. The zero-order valence-corrected chi connectivity index (χ0v) is 18.4. The molecular weight excluding hydrogens is 455 g/mol. The number of aromatic nitrogens is 1. The van der Waals surface area contributed by atoms with Crippen LogP contribution in [0.15, 0.2) is 46.0 Å². The Hall–Kier alpha value is -1.61. The number of halogens is 1. The van der Waals surface area contributed by atoms with Gasteiger partial charge in [0.05, 0.1) is 13.2 Å². The van der Waals surface area contributed by atoms with Gasteiger partial charge in [0, 0.05) is 32.3 Å². The van der Waals surface area contributed by atoms with E-state index in [1.807, 2.05) is 37.4 Å². The highest BCUT2D eigenvalue weighted by molar-refractivity contribution is 14.0. The van der Waals surface area contributed by atoms with Crippen molar-refractivity contribution in [1.82, 2.24) is 15.2 Å². The summed E-state index contributed by atoms with van der Waals surface area (Å²) in [7, 11) is 2.03. The van der Waals surface area contributed by atoms with Gasteiger partial charge in [-0.1, -0.05) is 18.2 Å². The molecule has 0 atom stereocenters. The van der Waals surface area contributed by atoms with E-state index < -0.39 is 0 Å². The summed E-state index contributed by atoms with van der Waals surface area (Å²) in [6.07, 6.45) is 4.32. The first-order valence-electron chi connectivity index (χ1n) is 9.33. The Balaban J connectivity index is 0.00000261. The minimum atomic E-state index is 0. The molecule has 0 saturated heterocycles. The fourth-order valence-electron chi connectivity index (χ4n) is 2.56. The van der Waals surface area contributed by atoms with Crippen molar-refractivity contribution in [2.75, 3.05) is 33.4 Å². The molecular formula is C20H29IN4O2. The number of benzene rings is 1. The largest absolute Gasteiger partial charge is 0.444 e. The molecule has 1 fully saturated rings. The lowest BCUT2D eigenvalue weighted by Crippen LogP contribution is -2.40. The average Bonchev–Trinajstić information content (AvgIpc) is 3.38. The van der Waals surface area contributed by atoms with Gasteiger partial charge in [0.15, 0.2) is 5.96 Å². The number of likely N-dealkylation sites (N-methyl/N-ethyl adjacent to an activating group) is 1. The molecule has 1 aliphatic rings. The maximum atomic E-state index is 5.72. The number of oxazole rings is 1. The van der Waals surface area contributed by atoms with Crippen LogP contribution in [0.1, 0.15) is 25.5 Å². The third-order valence-electron chi connectivity index (χ3n) is 4.28. The van der Waals surface area contributed by atoms with E-state index in [0.29, 0.717) is 12.4 Å². The lowest BCUT2D eigenvalue weighted by molar-refractivity contribution is 0.115. The summed E-state index contributed by atoms with van der Waals surface area (Å²) in [5, 5.41) is 3.32. The Kier molecular flexibility index (Phi) is 9.06. The maximum Gasteiger partial charge on any atom is 0.226 e. The molecule has 1 aromatic heterocycles. The van der Waals surface area contributed by atoms with Crippen LogP contribution in [0.2, 0.25) is 0 Å². The number of ether oxygens (including phenoxy) is 1. The molecule has 1 heterocycles. The van der Waals surface area contributed by atoms with Gasteiger partial charge in [-0.2, -0.15) is 0 Å². The summed E-state index contributed by atoms with van der Waals surface area (Å²) in [5.74, 6) is 2.28. The van der Waals surface area contributed by atoms with Crippen LogP contribution in [0.4, 0.5) is 0 Å². The molecule has 7 heteroatoms. The number of hydrogen-bond donors (Lipinski definition) is 1. The minimum absolute atomic E-state index is 0. The quantitative estimate of drug-likeness (QED) is 0.254. The van der Waals surface area contributed by atoms with E-state index in [1.165, 1.54) is 12.8 Å². The second-order valence-corrected chi connectivity index (χ2v) is 6.62. The average molecular weight is 484 g/mol. The fourth-order valence-corrected chi connectivity index (χ4v) is 2.56. The standard InChI is InChI=1S/C20H28N4O2.HI/c1-3-21-20(24(2)11-12-25-14-16-9-10-16)22-13-18-15-26-19(23-18)17-7-5-4-6-8-17;/h4-8,15-16H,3,9-14H2,1-2H3,(H,21,22);1H. The number of hydrogen-bond acceptors (Lipinski definition) is 4. The van der Waals surface area contributed by atoms with Crippen LogP contribution in [0.5, 0.6) is 0 Å². The topological polar surface area (TPSA) is 62.9 Å². The molecule has 6 nitrogen and oxygen atoms in total. The van der Waals surface area contributed by atoms with Crippen LogP contribution in [-0.2, 0) is 11.3 Å². The third kappa shape index (κ3) is 7.14. The van der Waals surface area contributed by atoms with E-state index in [2.05, 4.69) is 27.1 Å². The molecule has 0 bridgehead atoms. The Bertz CT molecular complexity index is 701. The monoisotopic (exact) mass is 484 g/mol. The molecule has 0 unspecified atom stereocenters. The minimum Gasteiger partial charge on any atom is -0.444 e. The summed E-state index contributed by atoms with van der Waals surface area (Å²) in [6.45, 7) is 5.79. The smallest absolute Gasteiger partial charge is 0.226 e. The number of nitrogens with zero attached hydrogens (tertiary/aromatic N) is 3. The second kappa shape index (κ2) is 11.3. The molecule has 148 valence electrons. The zero-order chi connectivity index (χ0) is 18.2. The molecule has 0 amide bonds. The van der Waals surface area contributed by atoms with Crippen LogP contribution >= 0.6 is 24.0 Å². The van der Waals surface area contributed by atoms with Crippen LogP contribution in [-0.4, -0.2) is 49.2 Å². The van der Waals surface area contributed by atoms with Gasteiger partial charge in [0.2, 0.25) is 5.89 Å². The fraction of sp³-hybridized carbons (Fsp3) is 0.500. The Morgan fingerprint density at radius 1 is 1.33 bits per heavy atom. The van der Waals surface area contributed by atoms with Crippen LogP contribution in [0.25, 0.3) is 11.5 Å². The lowest BCUT2D eigenvalue weighted by atomic mass is 10.2. The zero-order valence-electron chi connectivity index (χ0n) is 16.1. The van der Waals surface area contributed by atoms with E-state index in [1.54, 1.807) is 6.26 Å². The molecule has 0 radical (unpaired) electrons. The van der Waals surface area contributed by atoms with E-state index in [0.717, 1.165) is 49.4 Å². The summed E-state index contributed by atoms with van der Waals surface area (Å²) in [6, 6.07) is 9.89. The van der Waals surface area contributed by atoms with Gasteiger partial charge in [0.25, 0.3) is 0 Å². The van der Waals surface area contributed by atoms with Gasteiger partial charge >= 0.3 is 0 Å². The van der Waals surface area contributed by atoms with Crippen molar-refractivity contribution in [3.63, 3.8) is 0 Å². The van der Waals surface area contributed by atoms with Gasteiger partial charge in [-0.3, -0.25) is 0 Å². The van der Waals surface area contributed by atoms with Crippen molar-refractivity contribution in [2.24, 2.45) is 10.9 Å². The first-order chi connectivity index (χ1) is 12.8. The van der Waals surface area contributed by atoms with Crippen molar-refractivity contribution in [1.29, 1.82) is 0 Å². The lowest BCUT2D eigenvalue weighted by Gasteiger charge is -2.21. The molecule has 0 aliphatic heterocycles. The first-order valence-corrected chi connectivity index (χ1v) is 9.33. The highest BCUT2D eigenvalue weighted by atomic mass is 127. The van der Waals surface area contributed by atoms with E-state index in [4.69, 9.17) is 9.15 Å². The van der Waals surface area contributed by atoms with Crippen molar-refractivity contribution >= 4 is 29.9 Å². The van der Waals surface area contributed by atoms with E-state index in [-0.39, 0.29) is 24.0 Å². The first kappa shape index (κ1) is 21.7. The predicted octanol–water partition coefficient (Wildman–Crippen LogP) is 3.78. The maximum absolute atomic E-state index is 5.72. The summed E-state index contributed by atoms with van der Waals surface area (Å²) in [5.41, 5.74) is 1.79. The molecule has 2 aromatic rings. The number of rotatable bonds is 9. The molecule has 0 spiro atoms.